The van der Waals surface area contributed by atoms with E-state index in [2.05, 4.69) is 15.5 Å². The highest BCUT2D eigenvalue weighted by atomic mass is 16.6. The molecule has 0 unspecified atom stereocenters. The molecule has 2 aromatic rings. The van der Waals surface area contributed by atoms with Crippen molar-refractivity contribution >= 4 is 11.4 Å². The van der Waals surface area contributed by atoms with Gasteiger partial charge in [0.15, 0.2) is 5.82 Å². The van der Waals surface area contributed by atoms with Crippen LogP contribution in [-0.2, 0) is 4.74 Å². The van der Waals surface area contributed by atoms with Crippen LogP contribution in [0.5, 0.6) is 0 Å². The van der Waals surface area contributed by atoms with E-state index in [0.29, 0.717) is 23.6 Å². The first kappa shape index (κ1) is 14.5. The number of rotatable bonds is 5. The zero-order valence-electron chi connectivity index (χ0n) is 12.1. The second-order valence-corrected chi connectivity index (χ2v) is 5.15. The predicted octanol–water partition coefficient (Wildman–Crippen LogP) is 2.54. The summed E-state index contributed by atoms with van der Waals surface area (Å²) in [6, 6.07) is 4.81. The van der Waals surface area contributed by atoms with Gasteiger partial charge in [-0.1, -0.05) is 5.16 Å². The Bertz CT molecular complexity index is 679. The van der Waals surface area contributed by atoms with Crippen molar-refractivity contribution in [3.05, 3.63) is 34.1 Å². The number of benzene rings is 1. The zero-order valence-corrected chi connectivity index (χ0v) is 12.1. The molecule has 0 radical (unpaired) electrons. The molecule has 8 heteroatoms. The van der Waals surface area contributed by atoms with Gasteiger partial charge in [0.2, 0.25) is 0 Å². The van der Waals surface area contributed by atoms with Gasteiger partial charge in [0.25, 0.3) is 11.6 Å². The van der Waals surface area contributed by atoms with Crippen LogP contribution in [0.15, 0.2) is 22.7 Å². The lowest BCUT2D eigenvalue weighted by molar-refractivity contribution is -0.383. The van der Waals surface area contributed by atoms with Crippen molar-refractivity contribution in [2.45, 2.75) is 25.9 Å². The molecule has 1 saturated heterocycles. The van der Waals surface area contributed by atoms with Crippen LogP contribution in [0, 0.1) is 17.0 Å². The fourth-order valence-corrected chi connectivity index (χ4v) is 2.41. The number of nitrogens with one attached hydrogen (secondary N) is 1. The highest BCUT2D eigenvalue weighted by molar-refractivity contribution is 5.69. The monoisotopic (exact) mass is 304 g/mol. The second kappa shape index (κ2) is 6.10. The maximum atomic E-state index is 11.3. The standard InChI is InChI=1S/C14H16N4O4/c1-9-16-14(22-17-9)10-4-5-12(13(7-10)18(19)20)15-8-11-3-2-6-21-11/h4-5,7,11,15H,2-3,6,8H2,1H3/t11-/m0/s1. The number of nitro groups is 1. The predicted molar refractivity (Wildman–Crippen MR) is 78.6 cm³/mol. The minimum atomic E-state index is -0.426. The van der Waals surface area contributed by atoms with Gasteiger partial charge in [-0.25, -0.2) is 0 Å². The Morgan fingerprint density at radius 1 is 1.50 bits per heavy atom. The van der Waals surface area contributed by atoms with Crippen LogP contribution in [0.2, 0.25) is 0 Å². The van der Waals surface area contributed by atoms with Crippen LogP contribution in [0.1, 0.15) is 18.7 Å². The van der Waals surface area contributed by atoms with E-state index < -0.39 is 4.92 Å². The van der Waals surface area contributed by atoms with E-state index >= 15 is 0 Å². The number of hydrogen-bond donors (Lipinski definition) is 1. The molecule has 2 heterocycles. The molecule has 8 nitrogen and oxygen atoms in total. The number of anilines is 1. The SMILES string of the molecule is Cc1noc(-c2ccc(NC[C@@H]3CCCO3)c([N+](=O)[O-])c2)n1. The van der Waals surface area contributed by atoms with Crippen LogP contribution in [0.4, 0.5) is 11.4 Å². The summed E-state index contributed by atoms with van der Waals surface area (Å²) in [6.45, 7) is 3.00. The molecule has 0 bridgehead atoms. The van der Waals surface area contributed by atoms with E-state index in [1.165, 1.54) is 6.07 Å². The Morgan fingerprint density at radius 2 is 2.36 bits per heavy atom. The molecule has 1 aliphatic rings. The van der Waals surface area contributed by atoms with Crippen molar-refractivity contribution < 1.29 is 14.2 Å². The third-order valence-corrected chi connectivity index (χ3v) is 3.51. The second-order valence-electron chi connectivity index (χ2n) is 5.15. The molecule has 3 rings (SSSR count). The average molecular weight is 304 g/mol. The van der Waals surface area contributed by atoms with Crippen LogP contribution < -0.4 is 5.32 Å². The average Bonchev–Trinajstić information content (AvgIpc) is 3.16. The van der Waals surface area contributed by atoms with Gasteiger partial charge < -0.3 is 14.6 Å². The van der Waals surface area contributed by atoms with Crippen molar-refractivity contribution in [2.24, 2.45) is 0 Å². The van der Waals surface area contributed by atoms with Crippen molar-refractivity contribution in [3.63, 3.8) is 0 Å². The van der Waals surface area contributed by atoms with Crippen LogP contribution in [-0.4, -0.2) is 34.3 Å². The van der Waals surface area contributed by atoms with Gasteiger partial charge in [-0.15, -0.1) is 0 Å². The van der Waals surface area contributed by atoms with Crippen molar-refractivity contribution in [3.8, 4) is 11.5 Å². The van der Waals surface area contributed by atoms with Gasteiger partial charge >= 0.3 is 0 Å². The molecule has 1 atom stereocenters. The smallest absolute Gasteiger partial charge is 0.293 e. The Hall–Kier alpha value is -2.48. The number of nitrogens with zero attached hydrogens (tertiary/aromatic N) is 3. The summed E-state index contributed by atoms with van der Waals surface area (Å²) in [5.41, 5.74) is 0.960. The van der Waals surface area contributed by atoms with Crippen molar-refractivity contribution in [1.82, 2.24) is 10.1 Å². The number of aryl methyl sites for hydroxylation is 1. The van der Waals surface area contributed by atoms with Crippen molar-refractivity contribution in [2.75, 3.05) is 18.5 Å². The van der Waals surface area contributed by atoms with E-state index in [0.717, 1.165) is 19.4 Å². The van der Waals surface area contributed by atoms with Gasteiger partial charge in [0, 0.05) is 24.8 Å². The Labute approximate surface area is 126 Å². The van der Waals surface area contributed by atoms with Gasteiger partial charge in [-0.05, 0) is 31.9 Å². The molecule has 1 aromatic heterocycles. The summed E-state index contributed by atoms with van der Waals surface area (Å²) in [5, 5.41) is 18.1. The van der Waals surface area contributed by atoms with E-state index in [1.54, 1.807) is 19.1 Å². The molecule has 1 N–H and O–H groups in total. The Morgan fingerprint density at radius 3 is 3.00 bits per heavy atom. The van der Waals surface area contributed by atoms with Crippen molar-refractivity contribution in [1.29, 1.82) is 0 Å². The highest BCUT2D eigenvalue weighted by Gasteiger charge is 2.20. The van der Waals surface area contributed by atoms with E-state index in [1.807, 2.05) is 0 Å². The zero-order chi connectivity index (χ0) is 15.5. The first-order valence-electron chi connectivity index (χ1n) is 7.08. The number of nitro benzene ring substituents is 1. The van der Waals surface area contributed by atoms with E-state index in [9.17, 15) is 10.1 Å². The summed E-state index contributed by atoms with van der Waals surface area (Å²) < 4.78 is 10.5. The molecule has 1 aromatic carbocycles. The third kappa shape index (κ3) is 3.06. The van der Waals surface area contributed by atoms with E-state index in [4.69, 9.17) is 9.26 Å². The topological polar surface area (TPSA) is 103 Å². The molecular weight excluding hydrogens is 288 g/mol. The highest BCUT2D eigenvalue weighted by Crippen LogP contribution is 2.30. The summed E-state index contributed by atoms with van der Waals surface area (Å²) in [6.07, 6.45) is 2.11. The fourth-order valence-electron chi connectivity index (χ4n) is 2.41. The molecular formula is C14H16N4O4. The minimum Gasteiger partial charge on any atom is -0.377 e. The Kier molecular flexibility index (Phi) is 4.01. The molecule has 1 aliphatic heterocycles. The first-order chi connectivity index (χ1) is 10.6. The van der Waals surface area contributed by atoms with Gasteiger partial charge in [-0.2, -0.15) is 4.98 Å². The fraction of sp³-hybridized carbons (Fsp3) is 0.429. The Balaban J connectivity index is 1.82. The quantitative estimate of drug-likeness (QED) is 0.668. The van der Waals surface area contributed by atoms with Crippen LogP contribution in [0.25, 0.3) is 11.5 Å². The summed E-state index contributed by atoms with van der Waals surface area (Å²) >= 11 is 0. The van der Waals surface area contributed by atoms with Gasteiger partial charge in [0.1, 0.15) is 5.69 Å². The lowest BCUT2D eigenvalue weighted by Gasteiger charge is -2.12. The first-order valence-corrected chi connectivity index (χ1v) is 7.08. The van der Waals surface area contributed by atoms with E-state index in [-0.39, 0.29) is 17.7 Å². The van der Waals surface area contributed by atoms with Gasteiger partial charge in [0.05, 0.1) is 11.0 Å². The third-order valence-electron chi connectivity index (χ3n) is 3.51. The molecule has 0 spiro atoms. The normalized spacial score (nSPS) is 17.6. The molecule has 0 aliphatic carbocycles. The summed E-state index contributed by atoms with van der Waals surface area (Å²) in [7, 11) is 0. The lowest BCUT2D eigenvalue weighted by Crippen LogP contribution is -2.18. The molecule has 0 saturated carbocycles. The maximum absolute atomic E-state index is 11.3. The largest absolute Gasteiger partial charge is 0.377 e. The molecule has 1 fully saturated rings. The minimum absolute atomic E-state index is 0.0219. The van der Waals surface area contributed by atoms with Gasteiger partial charge in [-0.3, -0.25) is 10.1 Å². The van der Waals surface area contributed by atoms with Crippen LogP contribution in [0.3, 0.4) is 0 Å². The lowest BCUT2D eigenvalue weighted by atomic mass is 10.1. The summed E-state index contributed by atoms with van der Waals surface area (Å²) in [4.78, 5) is 14.9. The van der Waals surface area contributed by atoms with Crippen LogP contribution >= 0.6 is 0 Å². The summed E-state index contributed by atoms with van der Waals surface area (Å²) in [5.74, 6) is 0.754. The molecule has 22 heavy (non-hydrogen) atoms. The number of hydrogen-bond acceptors (Lipinski definition) is 7. The molecule has 116 valence electrons. The number of aromatic nitrogens is 2. The maximum Gasteiger partial charge on any atom is 0.293 e. The number of ether oxygens (including phenoxy) is 1. The molecule has 0 amide bonds.